The van der Waals surface area contributed by atoms with Gasteiger partial charge in [-0.05, 0) is 42.5 Å². The minimum Gasteiger partial charge on any atom is -0.497 e. The van der Waals surface area contributed by atoms with E-state index >= 15 is 0 Å². The Hall–Kier alpha value is -2.56. The maximum absolute atomic E-state index is 12.8. The van der Waals surface area contributed by atoms with Gasteiger partial charge in [0.1, 0.15) is 5.75 Å². The number of benzene rings is 1. The zero-order valence-corrected chi connectivity index (χ0v) is 14.8. The number of nitrogens with zero attached hydrogens (tertiary/aromatic N) is 2. The Labute approximate surface area is 146 Å². The average Bonchev–Trinajstić information content (AvgIpc) is 3.00. The molecule has 1 saturated heterocycles. The fraction of sp³-hybridized carbons (Fsp3) is 0.400. The van der Waals surface area contributed by atoms with Crippen molar-refractivity contribution in [2.45, 2.75) is 20.3 Å². The summed E-state index contributed by atoms with van der Waals surface area (Å²) in [5, 5.41) is 1.84. The smallest absolute Gasteiger partial charge is 0.289 e. The van der Waals surface area contributed by atoms with Crippen LogP contribution in [0.5, 0.6) is 5.75 Å². The lowest BCUT2D eigenvalue weighted by Gasteiger charge is -2.34. The van der Waals surface area contributed by atoms with Crippen molar-refractivity contribution in [3.8, 4) is 5.75 Å². The molecule has 3 aromatic rings. The van der Waals surface area contributed by atoms with Gasteiger partial charge in [-0.3, -0.25) is 4.79 Å². The molecule has 5 heteroatoms. The van der Waals surface area contributed by atoms with Gasteiger partial charge in [-0.2, -0.15) is 0 Å². The van der Waals surface area contributed by atoms with Crippen molar-refractivity contribution in [2.24, 2.45) is 11.8 Å². The number of piperidine rings is 1. The number of rotatable bonds is 2. The zero-order chi connectivity index (χ0) is 17.6. The van der Waals surface area contributed by atoms with Gasteiger partial charge in [0.25, 0.3) is 5.91 Å². The highest BCUT2D eigenvalue weighted by Crippen LogP contribution is 2.28. The third-order valence-electron chi connectivity index (χ3n) is 4.88. The van der Waals surface area contributed by atoms with Crippen LogP contribution in [0.15, 0.2) is 34.7 Å². The summed E-state index contributed by atoms with van der Waals surface area (Å²) in [4.78, 5) is 19.3. The van der Waals surface area contributed by atoms with E-state index in [1.807, 2.05) is 29.2 Å². The van der Waals surface area contributed by atoms with Crippen LogP contribution in [0.3, 0.4) is 0 Å². The molecule has 25 heavy (non-hydrogen) atoms. The lowest BCUT2D eigenvalue weighted by atomic mass is 9.92. The number of amides is 1. The summed E-state index contributed by atoms with van der Waals surface area (Å²) in [6, 6.07) is 9.53. The third kappa shape index (κ3) is 2.95. The molecule has 2 atom stereocenters. The Kier molecular flexibility index (Phi) is 3.86. The number of carbonyl (C=O) groups is 1. The van der Waals surface area contributed by atoms with E-state index in [1.54, 1.807) is 13.2 Å². The number of furan rings is 1. The predicted octanol–water partition coefficient (Wildman–Crippen LogP) is 4.11. The maximum atomic E-state index is 12.8. The first-order valence-electron chi connectivity index (χ1n) is 8.71. The lowest BCUT2D eigenvalue weighted by molar-refractivity contribution is 0.0593. The molecule has 1 aliphatic rings. The molecule has 2 aromatic heterocycles. The summed E-state index contributed by atoms with van der Waals surface area (Å²) >= 11 is 0. The molecule has 130 valence electrons. The lowest BCUT2D eigenvalue weighted by Crippen LogP contribution is -2.42. The number of hydrogen-bond acceptors (Lipinski definition) is 4. The molecule has 4 rings (SSSR count). The molecule has 0 saturated carbocycles. The Morgan fingerprint density at radius 2 is 1.92 bits per heavy atom. The summed E-state index contributed by atoms with van der Waals surface area (Å²) in [5.74, 6) is 2.11. The molecule has 0 unspecified atom stereocenters. The molecular weight excluding hydrogens is 316 g/mol. The van der Waals surface area contributed by atoms with E-state index in [1.165, 1.54) is 6.42 Å². The monoisotopic (exact) mass is 338 g/mol. The first-order chi connectivity index (χ1) is 12.0. The van der Waals surface area contributed by atoms with Crippen LogP contribution < -0.4 is 4.74 Å². The van der Waals surface area contributed by atoms with Crippen LogP contribution in [0.25, 0.3) is 22.0 Å². The van der Waals surface area contributed by atoms with Crippen molar-refractivity contribution in [1.29, 1.82) is 0 Å². The topological polar surface area (TPSA) is 55.6 Å². The summed E-state index contributed by atoms with van der Waals surface area (Å²) in [6.07, 6.45) is 1.17. The standard InChI is InChI=1S/C20H22N2O3/c1-12-6-13(2)11-22(10-12)20(23)18-8-15-7-14-4-5-16(24-3)9-17(14)21-19(15)25-18/h4-5,7-9,12-13H,6,10-11H2,1-3H3/t12-,13-/m0/s1. The van der Waals surface area contributed by atoms with E-state index in [0.29, 0.717) is 23.3 Å². The van der Waals surface area contributed by atoms with E-state index < -0.39 is 0 Å². The molecule has 1 aromatic carbocycles. The van der Waals surface area contributed by atoms with Crippen LogP contribution in [0, 0.1) is 11.8 Å². The Bertz CT molecular complexity index is 937. The van der Waals surface area contributed by atoms with Gasteiger partial charge in [-0.25, -0.2) is 4.98 Å². The van der Waals surface area contributed by atoms with Crippen LogP contribution >= 0.6 is 0 Å². The molecule has 3 heterocycles. The van der Waals surface area contributed by atoms with E-state index in [2.05, 4.69) is 18.8 Å². The predicted molar refractivity (Wildman–Crippen MR) is 96.9 cm³/mol. The van der Waals surface area contributed by atoms with Gasteiger partial charge in [0, 0.05) is 29.9 Å². The number of likely N-dealkylation sites (tertiary alicyclic amines) is 1. The second kappa shape index (κ2) is 6.06. The summed E-state index contributed by atoms with van der Waals surface area (Å²) in [7, 11) is 1.63. The van der Waals surface area contributed by atoms with Crippen LogP contribution in [0.2, 0.25) is 0 Å². The fourth-order valence-electron chi connectivity index (χ4n) is 3.82. The largest absolute Gasteiger partial charge is 0.497 e. The molecule has 0 radical (unpaired) electrons. The minimum atomic E-state index is -0.0435. The molecule has 5 nitrogen and oxygen atoms in total. The van der Waals surface area contributed by atoms with Crippen molar-refractivity contribution in [3.63, 3.8) is 0 Å². The average molecular weight is 338 g/mol. The normalized spacial score (nSPS) is 21.0. The molecule has 1 amide bonds. The van der Waals surface area contributed by atoms with E-state index in [4.69, 9.17) is 9.15 Å². The molecule has 0 aliphatic carbocycles. The highest BCUT2D eigenvalue weighted by Gasteiger charge is 2.28. The second-order valence-corrected chi connectivity index (χ2v) is 7.21. The summed E-state index contributed by atoms with van der Waals surface area (Å²) in [6.45, 7) is 5.95. The fourth-order valence-corrected chi connectivity index (χ4v) is 3.82. The number of ether oxygens (including phenoxy) is 1. The van der Waals surface area contributed by atoms with Gasteiger partial charge in [-0.1, -0.05) is 13.8 Å². The van der Waals surface area contributed by atoms with Gasteiger partial charge in [0.15, 0.2) is 5.76 Å². The minimum absolute atomic E-state index is 0.0435. The van der Waals surface area contributed by atoms with Gasteiger partial charge in [-0.15, -0.1) is 0 Å². The number of fused-ring (bicyclic) bond motifs is 2. The first-order valence-corrected chi connectivity index (χ1v) is 8.71. The SMILES string of the molecule is COc1ccc2cc3cc(C(=O)N4C[C@@H](C)C[C@H](C)C4)oc3nc2c1. The summed E-state index contributed by atoms with van der Waals surface area (Å²) in [5.41, 5.74) is 1.28. The van der Waals surface area contributed by atoms with Crippen molar-refractivity contribution >= 4 is 27.9 Å². The maximum Gasteiger partial charge on any atom is 0.289 e. The number of hydrogen-bond donors (Lipinski definition) is 0. The van der Waals surface area contributed by atoms with Crippen molar-refractivity contribution in [2.75, 3.05) is 20.2 Å². The zero-order valence-electron chi connectivity index (χ0n) is 14.8. The van der Waals surface area contributed by atoms with E-state index in [-0.39, 0.29) is 5.91 Å². The van der Waals surface area contributed by atoms with Crippen LogP contribution in [-0.2, 0) is 0 Å². The number of methoxy groups -OCH3 is 1. The molecule has 0 N–H and O–H groups in total. The Balaban J connectivity index is 1.70. The van der Waals surface area contributed by atoms with E-state index in [0.717, 1.165) is 35.1 Å². The molecule has 1 fully saturated rings. The summed E-state index contributed by atoms with van der Waals surface area (Å²) < 4.78 is 11.0. The Morgan fingerprint density at radius 3 is 2.64 bits per heavy atom. The van der Waals surface area contributed by atoms with Crippen LogP contribution in [0.4, 0.5) is 0 Å². The number of pyridine rings is 1. The first kappa shape index (κ1) is 15.9. The number of aromatic nitrogens is 1. The Morgan fingerprint density at radius 1 is 1.16 bits per heavy atom. The highest BCUT2D eigenvalue weighted by molar-refractivity contribution is 5.98. The molecule has 0 spiro atoms. The van der Waals surface area contributed by atoms with Crippen molar-refractivity contribution in [3.05, 3.63) is 36.1 Å². The van der Waals surface area contributed by atoms with Gasteiger partial charge in [0.05, 0.1) is 12.6 Å². The van der Waals surface area contributed by atoms with Crippen LogP contribution in [0.1, 0.15) is 30.8 Å². The van der Waals surface area contributed by atoms with Crippen molar-refractivity contribution < 1.29 is 13.9 Å². The third-order valence-corrected chi connectivity index (χ3v) is 4.88. The van der Waals surface area contributed by atoms with Gasteiger partial charge < -0.3 is 14.1 Å². The quantitative estimate of drug-likeness (QED) is 0.706. The van der Waals surface area contributed by atoms with Gasteiger partial charge in [0.2, 0.25) is 5.71 Å². The highest BCUT2D eigenvalue weighted by atomic mass is 16.5. The van der Waals surface area contributed by atoms with Crippen molar-refractivity contribution in [1.82, 2.24) is 9.88 Å². The molecular formula is C20H22N2O3. The van der Waals surface area contributed by atoms with E-state index in [9.17, 15) is 4.79 Å². The second-order valence-electron chi connectivity index (χ2n) is 7.21. The molecule has 0 bridgehead atoms. The molecule has 1 aliphatic heterocycles. The van der Waals surface area contributed by atoms with Gasteiger partial charge >= 0.3 is 0 Å². The van der Waals surface area contributed by atoms with Crippen LogP contribution in [-0.4, -0.2) is 36.0 Å². The number of carbonyl (C=O) groups excluding carboxylic acids is 1.